The van der Waals surface area contributed by atoms with Crippen molar-refractivity contribution >= 4 is 17.8 Å². The molecule has 0 atom stereocenters. The van der Waals surface area contributed by atoms with Crippen LogP contribution in [0.3, 0.4) is 0 Å². The van der Waals surface area contributed by atoms with Crippen molar-refractivity contribution in [3.63, 3.8) is 0 Å². The van der Waals surface area contributed by atoms with Gasteiger partial charge in [-0.2, -0.15) is 0 Å². The van der Waals surface area contributed by atoms with E-state index in [1.54, 1.807) is 0 Å². The van der Waals surface area contributed by atoms with Crippen LogP contribution in [0.2, 0.25) is 0 Å². The Labute approximate surface area is 125 Å². The minimum Gasteiger partial charge on any atom is -0.466 e. The lowest BCUT2D eigenvalue weighted by molar-refractivity contribution is -0.139. The van der Waals surface area contributed by atoms with E-state index in [0.29, 0.717) is 13.0 Å². The summed E-state index contributed by atoms with van der Waals surface area (Å²) >= 11 is 0. The lowest BCUT2D eigenvalue weighted by atomic mass is 10.2. The molecule has 1 heterocycles. The van der Waals surface area contributed by atoms with Crippen molar-refractivity contribution in [1.82, 2.24) is 4.90 Å². The molecule has 0 N–H and O–H groups in total. The number of carbonyl (C=O) groups excluding carboxylic acids is 3. The minimum absolute atomic E-state index is 0.265. The average molecular weight is 297 g/mol. The second-order valence-corrected chi connectivity index (χ2v) is 4.92. The smallest absolute Gasteiger partial charge is 0.331 e. The van der Waals surface area contributed by atoms with Crippen molar-refractivity contribution in [1.29, 1.82) is 0 Å². The third kappa shape index (κ3) is 7.48. The molecule has 1 aliphatic rings. The first-order chi connectivity index (χ1) is 10.1. The largest absolute Gasteiger partial charge is 0.466 e. The number of likely N-dealkylation sites (tertiary alicyclic amines) is 1. The highest BCUT2D eigenvalue weighted by Crippen LogP contribution is 2.11. The van der Waals surface area contributed by atoms with E-state index >= 15 is 0 Å². The van der Waals surface area contributed by atoms with E-state index in [9.17, 15) is 14.4 Å². The molecule has 6 nitrogen and oxygen atoms in total. The Bertz CT molecular complexity index is 392. The van der Waals surface area contributed by atoms with Crippen molar-refractivity contribution in [2.75, 3.05) is 26.8 Å². The van der Waals surface area contributed by atoms with Gasteiger partial charge in [0.2, 0.25) is 5.91 Å². The van der Waals surface area contributed by atoms with Crippen LogP contribution in [0.5, 0.6) is 0 Å². The number of unbranched alkanes of at least 4 members (excludes halogenated alkanes) is 3. The monoisotopic (exact) mass is 297 g/mol. The molecule has 0 bridgehead atoms. The number of esters is 2. The van der Waals surface area contributed by atoms with Gasteiger partial charge < -0.3 is 14.4 Å². The highest BCUT2D eigenvalue weighted by molar-refractivity contribution is 5.91. The summed E-state index contributed by atoms with van der Waals surface area (Å²) in [6.45, 7) is 2.07. The second-order valence-electron chi connectivity index (χ2n) is 4.92. The number of rotatable bonds is 9. The van der Waals surface area contributed by atoms with Crippen LogP contribution in [0.1, 0.15) is 38.5 Å². The van der Waals surface area contributed by atoms with Crippen molar-refractivity contribution in [2.45, 2.75) is 38.5 Å². The molecule has 0 spiro atoms. The van der Waals surface area contributed by atoms with Gasteiger partial charge in [0, 0.05) is 31.7 Å². The Kier molecular flexibility index (Phi) is 8.16. The summed E-state index contributed by atoms with van der Waals surface area (Å²) in [4.78, 5) is 35.2. The van der Waals surface area contributed by atoms with Crippen LogP contribution < -0.4 is 0 Å². The van der Waals surface area contributed by atoms with Crippen molar-refractivity contribution in [3.8, 4) is 0 Å². The maximum absolute atomic E-state index is 11.4. The van der Waals surface area contributed by atoms with Gasteiger partial charge in [0.15, 0.2) is 0 Å². The van der Waals surface area contributed by atoms with Crippen LogP contribution in [0.25, 0.3) is 0 Å². The van der Waals surface area contributed by atoms with E-state index in [-0.39, 0.29) is 5.91 Å². The number of hydrogen-bond donors (Lipinski definition) is 0. The molecule has 0 aromatic heterocycles. The van der Waals surface area contributed by atoms with E-state index < -0.39 is 11.9 Å². The fraction of sp³-hybridized carbons (Fsp3) is 0.667. The van der Waals surface area contributed by atoms with Crippen molar-refractivity contribution < 1.29 is 23.9 Å². The molecule has 0 aromatic carbocycles. The normalized spacial score (nSPS) is 14.7. The number of carbonyl (C=O) groups is 3. The van der Waals surface area contributed by atoms with E-state index in [1.807, 2.05) is 4.90 Å². The van der Waals surface area contributed by atoms with Crippen molar-refractivity contribution in [3.05, 3.63) is 12.2 Å². The summed E-state index contributed by atoms with van der Waals surface area (Å²) in [5, 5.41) is 0. The molecule has 1 saturated heterocycles. The fourth-order valence-corrected chi connectivity index (χ4v) is 2.12. The maximum atomic E-state index is 11.4. The third-order valence-electron chi connectivity index (χ3n) is 3.29. The summed E-state index contributed by atoms with van der Waals surface area (Å²) in [6, 6.07) is 0. The first-order valence-corrected chi connectivity index (χ1v) is 7.34. The van der Waals surface area contributed by atoms with E-state index in [0.717, 1.165) is 57.3 Å². The zero-order valence-electron chi connectivity index (χ0n) is 12.5. The molecule has 0 saturated carbocycles. The number of hydrogen-bond acceptors (Lipinski definition) is 5. The molecule has 0 unspecified atom stereocenters. The summed E-state index contributed by atoms with van der Waals surface area (Å²) in [5.41, 5.74) is 0. The molecule has 0 aliphatic carbocycles. The van der Waals surface area contributed by atoms with Crippen LogP contribution in [-0.4, -0.2) is 49.6 Å². The van der Waals surface area contributed by atoms with Crippen LogP contribution in [-0.2, 0) is 23.9 Å². The summed E-state index contributed by atoms with van der Waals surface area (Å²) in [5.74, 6) is -0.854. The fourth-order valence-electron chi connectivity index (χ4n) is 2.12. The van der Waals surface area contributed by atoms with Gasteiger partial charge in [0.1, 0.15) is 0 Å². The van der Waals surface area contributed by atoms with Gasteiger partial charge >= 0.3 is 11.9 Å². The Morgan fingerprint density at radius 3 is 2.52 bits per heavy atom. The maximum Gasteiger partial charge on any atom is 0.331 e. The predicted octanol–water partition coefficient (Wildman–Crippen LogP) is 1.44. The van der Waals surface area contributed by atoms with Crippen LogP contribution in [0.15, 0.2) is 12.2 Å². The number of amides is 1. The summed E-state index contributed by atoms with van der Waals surface area (Å²) < 4.78 is 9.29. The zero-order chi connectivity index (χ0) is 15.5. The standard InChI is InChI=1S/C15H23NO5/c1-20-14(18)8-9-15(19)21-12-5-3-2-4-10-16-11-6-7-13(16)17/h8-9H,2-7,10-12H2,1H3/b9-8-. The molecule has 1 fully saturated rings. The Balaban J connectivity index is 1.94. The molecule has 21 heavy (non-hydrogen) atoms. The van der Waals surface area contributed by atoms with E-state index in [1.165, 1.54) is 7.11 Å². The molecular weight excluding hydrogens is 274 g/mol. The van der Waals surface area contributed by atoms with Gasteiger partial charge in [-0.3, -0.25) is 4.79 Å². The highest BCUT2D eigenvalue weighted by atomic mass is 16.5. The van der Waals surface area contributed by atoms with Crippen LogP contribution in [0, 0.1) is 0 Å². The Hall–Kier alpha value is -1.85. The molecule has 6 heteroatoms. The van der Waals surface area contributed by atoms with E-state index in [4.69, 9.17) is 4.74 Å². The second kappa shape index (κ2) is 9.96. The molecule has 1 amide bonds. The summed E-state index contributed by atoms with van der Waals surface area (Å²) in [6.07, 6.45) is 7.51. The van der Waals surface area contributed by atoms with Crippen LogP contribution >= 0.6 is 0 Å². The molecule has 1 rings (SSSR count). The molecule has 0 radical (unpaired) electrons. The molecule has 118 valence electrons. The topological polar surface area (TPSA) is 72.9 Å². The van der Waals surface area contributed by atoms with Crippen molar-refractivity contribution in [2.24, 2.45) is 0 Å². The predicted molar refractivity (Wildman–Crippen MR) is 76.4 cm³/mol. The molecule has 1 aliphatic heterocycles. The molecular formula is C15H23NO5. The van der Waals surface area contributed by atoms with Gasteiger partial charge in [-0.05, 0) is 25.7 Å². The lowest BCUT2D eigenvalue weighted by Crippen LogP contribution is -2.25. The average Bonchev–Trinajstić information content (AvgIpc) is 2.89. The lowest BCUT2D eigenvalue weighted by Gasteiger charge is -2.14. The number of ether oxygens (including phenoxy) is 2. The first-order valence-electron chi connectivity index (χ1n) is 7.34. The quantitative estimate of drug-likeness (QED) is 0.366. The van der Waals surface area contributed by atoms with Gasteiger partial charge in [0.25, 0.3) is 0 Å². The number of methoxy groups -OCH3 is 1. The summed E-state index contributed by atoms with van der Waals surface area (Å²) in [7, 11) is 1.24. The third-order valence-corrected chi connectivity index (χ3v) is 3.29. The van der Waals surface area contributed by atoms with Gasteiger partial charge in [-0.1, -0.05) is 6.42 Å². The van der Waals surface area contributed by atoms with Gasteiger partial charge in [0.05, 0.1) is 13.7 Å². The number of nitrogens with zero attached hydrogens (tertiary/aromatic N) is 1. The first kappa shape index (κ1) is 17.2. The van der Waals surface area contributed by atoms with Gasteiger partial charge in [-0.25, -0.2) is 9.59 Å². The van der Waals surface area contributed by atoms with E-state index in [2.05, 4.69) is 4.74 Å². The molecule has 0 aromatic rings. The zero-order valence-corrected chi connectivity index (χ0v) is 12.5. The van der Waals surface area contributed by atoms with Gasteiger partial charge in [-0.15, -0.1) is 0 Å². The SMILES string of the molecule is COC(=O)/C=C\C(=O)OCCCCCCN1CCCC1=O. The minimum atomic E-state index is -0.580. The highest BCUT2D eigenvalue weighted by Gasteiger charge is 2.18. The Morgan fingerprint density at radius 1 is 1.14 bits per heavy atom. The Morgan fingerprint density at radius 2 is 1.86 bits per heavy atom. The van der Waals surface area contributed by atoms with Crippen LogP contribution in [0.4, 0.5) is 0 Å².